The first-order chi connectivity index (χ1) is 14.2. The Morgan fingerprint density at radius 2 is 1.80 bits per heavy atom. The van der Waals surface area contributed by atoms with Crippen LogP contribution in [0.5, 0.6) is 0 Å². The Morgan fingerprint density at radius 1 is 1.03 bits per heavy atom. The van der Waals surface area contributed by atoms with Gasteiger partial charge in [0.1, 0.15) is 0 Å². The van der Waals surface area contributed by atoms with Gasteiger partial charge in [0, 0.05) is 0 Å². The van der Waals surface area contributed by atoms with Gasteiger partial charge in [0.05, 0.1) is 6.10 Å². The first kappa shape index (κ1) is 22.6. The van der Waals surface area contributed by atoms with Crippen LogP contribution in [-0.2, 0) is 0 Å². The summed E-state index contributed by atoms with van der Waals surface area (Å²) in [7, 11) is 0. The monoisotopic (exact) mass is 412 g/mol. The van der Waals surface area contributed by atoms with Crippen LogP contribution in [0.4, 0.5) is 0 Å². The fourth-order valence-corrected chi connectivity index (χ4v) is 8.83. The molecule has 0 aromatic carbocycles. The zero-order valence-electron chi connectivity index (χ0n) is 20.7. The quantitative estimate of drug-likeness (QED) is 0.457. The first-order valence-electron chi connectivity index (χ1n) is 13.3. The topological polar surface area (TPSA) is 20.2 Å². The molecule has 3 fully saturated rings. The summed E-state index contributed by atoms with van der Waals surface area (Å²) in [6.07, 6.45) is 19.1. The Morgan fingerprint density at radius 3 is 2.50 bits per heavy atom. The highest BCUT2D eigenvalue weighted by atomic mass is 16.3. The van der Waals surface area contributed by atoms with Crippen molar-refractivity contribution in [2.45, 2.75) is 105 Å². The Labute approximate surface area is 186 Å². The van der Waals surface area contributed by atoms with Gasteiger partial charge in [0.15, 0.2) is 0 Å². The highest BCUT2D eigenvalue weighted by molar-refractivity contribution is 5.25. The molecule has 1 heteroatoms. The molecule has 0 radical (unpaired) electrons. The molecule has 0 heterocycles. The molecule has 3 saturated carbocycles. The minimum Gasteiger partial charge on any atom is -0.393 e. The fourth-order valence-electron chi connectivity index (χ4n) is 8.83. The van der Waals surface area contributed by atoms with Gasteiger partial charge in [0.25, 0.3) is 0 Å². The molecule has 0 aromatic heterocycles. The molecule has 0 spiro atoms. The van der Waals surface area contributed by atoms with E-state index in [1.54, 1.807) is 5.57 Å². The van der Waals surface area contributed by atoms with Crippen LogP contribution in [0.25, 0.3) is 0 Å². The van der Waals surface area contributed by atoms with Crippen LogP contribution >= 0.6 is 0 Å². The van der Waals surface area contributed by atoms with Crippen molar-refractivity contribution in [2.24, 2.45) is 52.3 Å². The highest BCUT2D eigenvalue weighted by Gasteiger charge is 2.58. The Kier molecular flexibility index (Phi) is 6.35. The van der Waals surface area contributed by atoms with E-state index < -0.39 is 0 Å². The fraction of sp³-hybridized carbons (Fsp3) is 0.862. The lowest BCUT2D eigenvalue weighted by molar-refractivity contribution is -0.0540. The molecule has 0 saturated heterocycles. The predicted octanol–water partition coefficient (Wildman–Crippen LogP) is 7.80. The van der Waals surface area contributed by atoms with Crippen molar-refractivity contribution < 1.29 is 5.11 Å². The lowest BCUT2D eigenvalue weighted by atomic mass is 9.47. The molecular weight excluding hydrogens is 364 g/mol. The van der Waals surface area contributed by atoms with Gasteiger partial charge < -0.3 is 5.11 Å². The summed E-state index contributed by atoms with van der Waals surface area (Å²) in [5.74, 6) is 5.70. The second kappa shape index (κ2) is 8.42. The second-order valence-corrected chi connectivity index (χ2v) is 12.4. The van der Waals surface area contributed by atoms with Crippen molar-refractivity contribution in [3.05, 3.63) is 23.8 Å². The second-order valence-electron chi connectivity index (χ2n) is 12.4. The molecule has 170 valence electrons. The molecular formula is C29H48O. The van der Waals surface area contributed by atoms with Crippen LogP contribution < -0.4 is 0 Å². The molecule has 4 aliphatic rings. The van der Waals surface area contributed by atoms with E-state index in [1.807, 2.05) is 0 Å². The van der Waals surface area contributed by atoms with Gasteiger partial charge in [-0.1, -0.05) is 65.3 Å². The summed E-state index contributed by atoms with van der Waals surface area (Å²) in [5.41, 5.74) is 2.51. The average molecular weight is 413 g/mol. The molecule has 0 aliphatic heterocycles. The molecule has 4 rings (SSSR count). The summed E-state index contributed by atoms with van der Waals surface area (Å²) >= 11 is 0. The van der Waals surface area contributed by atoms with Crippen molar-refractivity contribution in [1.29, 1.82) is 0 Å². The SMILES string of the molecule is CC[C@H](/C=C\[C@@H](C)[C@H]1CC[C@@H]2[C@H]3CC=C4C[C@@H](O)CC[C@]4(C)[C@H]3CC[C@@]21C)C(C)C. The standard InChI is InChI=1S/C29H48O/c1-7-21(19(2)3)9-8-20(4)25-12-13-26-24-11-10-22-18-23(30)14-16-28(22,5)27(24)15-17-29(25,26)6/h8-10,19-21,23-27,30H,7,11-18H2,1-6H3/b9-8-/t20-,21-,23+,24-,25-,26-,27+,28+,29-/m1/s1. The van der Waals surface area contributed by atoms with Crippen LogP contribution in [0.2, 0.25) is 0 Å². The molecule has 9 atom stereocenters. The molecule has 0 unspecified atom stereocenters. The van der Waals surface area contributed by atoms with Crippen LogP contribution in [0.3, 0.4) is 0 Å². The maximum atomic E-state index is 10.2. The smallest absolute Gasteiger partial charge is 0.0577 e. The van der Waals surface area contributed by atoms with Gasteiger partial charge in [0.2, 0.25) is 0 Å². The first-order valence-corrected chi connectivity index (χ1v) is 13.3. The van der Waals surface area contributed by atoms with E-state index in [-0.39, 0.29) is 6.10 Å². The van der Waals surface area contributed by atoms with Crippen molar-refractivity contribution in [3.63, 3.8) is 0 Å². The third kappa shape index (κ3) is 3.66. The zero-order valence-corrected chi connectivity index (χ0v) is 20.7. The number of rotatable bonds is 5. The van der Waals surface area contributed by atoms with Gasteiger partial charge in [-0.05, 0) is 110 Å². The molecule has 0 amide bonds. The van der Waals surface area contributed by atoms with Crippen molar-refractivity contribution >= 4 is 0 Å². The number of hydrogen-bond donors (Lipinski definition) is 1. The maximum Gasteiger partial charge on any atom is 0.0577 e. The molecule has 30 heavy (non-hydrogen) atoms. The van der Waals surface area contributed by atoms with Gasteiger partial charge >= 0.3 is 0 Å². The highest BCUT2D eigenvalue weighted by Crippen LogP contribution is 2.67. The summed E-state index contributed by atoms with van der Waals surface area (Å²) in [6.45, 7) is 14.8. The Hall–Kier alpha value is -0.560. The molecule has 4 aliphatic carbocycles. The number of hydrogen-bond acceptors (Lipinski definition) is 1. The molecule has 1 nitrogen and oxygen atoms in total. The van der Waals surface area contributed by atoms with Gasteiger partial charge in [-0.2, -0.15) is 0 Å². The van der Waals surface area contributed by atoms with E-state index in [0.717, 1.165) is 48.3 Å². The Balaban J connectivity index is 1.52. The van der Waals surface area contributed by atoms with Crippen molar-refractivity contribution in [1.82, 2.24) is 0 Å². The van der Waals surface area contributed by atoms with Crippen LogP contribution in [0.1, 0.15) is 99.3 Å². The zero-order chi connectivity index (χ0) is 21.7. The third-order valence-electron chi connectivity index (χ3n) is 10.8. The number of aliphatic hydroxyl groups excluding tert-OH is 1. The molecule has 1 N–H and O–H groups in total. The molecule has 0 bridgehead atoms. The van der Waals surface area contributed by atoms with Gasteiger partial charge in [-0.3, -0.25) is 0 Å². The summed E-state index contributed by atoms with van der Waals surface area (Å²) in [6, 6.07) is 0. The average Bonchev–Trinajstić information content (AvgIpc) is 3.06. The van der Waals surface area contributed by atoms with E-state index in [9.17, 15) is 5.11 Å². The largest absolute Gasteiger partial charge is 0.393 e. The summed E-state index contributed by atoms with van der Waals surface area (Å²) in [5, 5.41) is 10.2. The van der Waals surface area contributed by atoms with Crippen LogP contribution in [0, 0.1) is 52.3 Å². The Bertz CT molecular complexity index is 674. The van der Waals surface area contributed by atoms with E-state index in [4.69, 9.17) is 0 Å². The maximum absolute atomic E-state index is 10.2. The number of allylic oxidation sites excluding steroid dienone is 3. The van der Waals surface area contributed by atoms with Crippen LogP contribution in [-0.4, -0.2) is 11.2 Å². The summed E-state index contributed by atoms with van der Waals surface area (Å²) < 4.78 is 0. The van der Waals surface area contributed by atoms with Crippen molar-refractivity contribution in [3.8, 4) is 0 Å². The van der Waals surface area contributed by atoms with Crippen LogP contribution in [0.15, 0.2) is 23.8 Å². The van der Waals surface area contributed by atoms with E-state index in [1.165, 1.54) is 44.9 Å². The lowest BCUT2D eigenvalue weighted by Gasteiger charge is -2.58. The van der Waals surface area contributed by atoms with Gasteiger partial charge in [-0.15, -0.1) is 0 Å². The van der Waals surface area contributed by atoms with Gasteiger partial charge in [-0.25, -0.2) is 0 Å². The van der Waals surface area contributed by atoms with Crippen molar-refractivity contribution in [2.75, 3.05) is 0 Å². The minimum atomic E-state index is -0.0870. The number of fused-ring (bicyclic) bond motifs is 5. The predicted molar refractivity (Wildman–Crippen MR) is 128 cm³/mol. The molecule has 0 aromatic rings. The third-order valence-corrected chi connectivity index (χ3v) is 10.8. The number of aliphatic hydroxyl groups is 1. The van der Waals surface area contributed by atoms with E-state index >= 15 is 0 Å². The van der Waals surface area contributed by atoms with E-state index in [0.29, 0.717) is 16.7 Å². The normalized spacial score (nSPS) is 45.6. The minimum absolute atomic E-state index is 0.0870. The lowest BCUT2D eigenvalue weighted by Crippen LogP contribution is -2.50. The summed E-state index contributed by atoms with van der Waals surface area (Å²) in [4.78, 5) is 0. The van der Waals surface area contributed by atoms with E-state index in [2.05, 4.69) is 59.8 Å².